The molecule has 4 aromatic rings. The molecule has 0 fully saturated rings. The summed E-state index contributed by atoms with van der Waals surface area (Å²) in [7, 11) is 1.85. The fraction of sp³-hybridized carbons (Fsp3) is 0.172. The van der Waals surface area contributed by atoms with Crippen LogP contribution in [0.5, 0.6) is 5.75 Å². The van der Waals surface area contributed by atoms with Crippen molar-refractivity contribution >= 4 is 18.3 Å². The minimum atomic E-state index is -0.637. The second-order valence-electron chi connectivity index (χ2n) is 9.09. The van der Waals surface area contributed by atoms with Gasteiger partial charge in [0.15, 0.2) is 0 Å². The predicted octanol–water partition coefficient (Wildman–Crippen LogP) is 3.82. The molecule has 0 unspecified atom stereocenters. The van der Waals surface area contributed by atoms with Crippen LogP contribution in [0.4, 0.5) is 4.79 Å². The molecule has 1 aliphatic rings. The number of carbonyl (C=O) groups is 3. The molecule has 192 valence electrons. The molecule has 4 amide bonds. The van der Waals surface area contributed by atoms with Crippen molar-refractivity contribution in [1.29, 1.82) is 0 Å². The van der Waals surface area contributed by atoms with E-state index < -0.39 is 12.1 Å². The maximum Gasteiger partial charge on any atom is 0.321 e. The second kappa shape index (κ2) is 11.0. The van der Waals surface area contributed by atoms with Gasteiger partial charge in [0, 0.05) is 37.5 Å². The molecule has 38 heavy (non-hydrogen) atoms. The van der Waals surface area contributed by atoms with E-state index in [4.69, 9.17) is 4.74 Å². The van der Waals surface area contributed by atoms with E-state index in [1.54, 1.807) is 21.8 Å². The third-order valence-electron chi connectivity index (χ3n) is 6.46. The van der Waals surface area contributed by atoms with Gasteiger partial charge in [-0.25, -0.2) is 4.79 Å². The van der Waals surface area contributed by atoms with Crippen molar-refractivity contribution in [2.75, 3.05) is 6.54 Å². The van der Waals surface area contributed by atoms with Crippen molar-refractivity contribution in [3.63, 3.8) is 0 Å². The SMILES string of the molecule is Cn1cc(-c2ccc([C@H](CN3Cc4ccc(OCc5ccccc5)cc4C3=O)NC(=O)NC=O)cc2)cn1. The molecule has 0 radical (unpaired) electrons. The Hall–Kier alpha value is -4.92. The van der Waals surface area contributed by atoms with Gasteiger partial charge in [0.25, 0.3) is 5.91 Å². The van der Waals surface area contributed by atoms with Crippen molar-refractivity contribution in [2.24, 2.45) is 7.05 Å². The summed E-state index contributed by atoms with van der Waals surface area (Å²) in [5, 5.41) is 9.12. The lowest BCUT2D eigenvalue weighted by atomic mass is 10.0. The number of aromatic nitrogens is 2. The molecule has 1 atom stereocenters. The second-order valence-corrected chi connectivity index (χ2v) is 9.09. The van der Waals surface area contributed by atoms with E-state index in [1.165, 1.54) is 0 Å². The Balaban J connectivity index is 1.31. The van der Waals surface area contributed by atoms with Crippen molar-refractivity contribution in [1.82, 2.24) is 25.3 Å². The Kier molecular flexibility index (Phi) is 7.17. The highest BCUT2D eigenvalue weighted by molar-refractivity contribution is 5.98. The van der Waals surface area contributed by atoms with Crippen LogP contribution in [0.2, 0.25) is 0 Å². The van der Waals surface area contributed by atoms with Gasteiger partial charge < -0.3 is 15.0 Å². The van der Waals surface area contributed by atoms with Crippen LogP contribution in [0, 0.1) is 0 Å². The molecule has 1 aliphatic heterocycles. The number of fused-ring (bicyclic) bond motifs is 1. The van der Waals surface area contributed by atoms with E-state index in [0.717, 1.165) is 27.8 Å². The molecule has 2 N–H and O–H groups in total. The number of nitrogens with zero attached hydrogens (tertiary/aromatic N) is 3. The Labute approximate surface area is 220 Å². The first-order valence-corrected chi connectivity index (χ1v) is 12.2. The molecule has 0 bridgehead atoms. The summed E-state index contributed by atoms with van der Waals surface area (Å²) in [6.07, 6.45) is 4.02. The quantitative estimate of drug-likeness (QED) is 0.334. The molecular formula is C29H27N5O4. The average molecular weight is 510 g/mol. The van der Waals surface area contributed by atoms with Crippen molar-refractivity contribution < 1.29 is 19.1 Å². The number of rotatable bonds is 9. The van der Waals surface area contributed by atoms with Gasteiger partial charge in [-0.1, -0.05) is 60.7 Å². The topological polar surface area (TPSA) is 106 Å². The van der Waals surface area contributed by atoms with Crippen LogP contribution < -0.4 is 15.4 Å². The summed E-state index contributed by atoms with van der Waals surface area (Å²) in [5.41, 5.74) is 5.26. The number of hydrogen-bond acceptors (Lipinski definition) is 5. The van der Waals surface area contributed by atoms with E-state index in [-0.39, 0.29) is 12.5 Å². The lowest BCUT2D eigenvalue weighted by molar-refractivity contribution is -0.108. The molecule has 0 aliphatic carbocycles. The number of imide groups is 1. The van der Waals surface area contributed by atoms with Crippen LogP contribution in [0.25, 0.3) is 11.1 Å². The highest BCUT2D eigenvalue weighted by atomic mass is 16.5. The fourth-order valence-corrected chi connectivity index (χ4v) is 4.50. The average Bonchev–Trinajstić information content (AvgIpc) is 3.50. The normalized spacial score (nSPS) is 13.1. The highest BCUT2D eigenvalue weighted by Gasteiger charge is 2.30. The van der Waals surface area contributed by atoms with Crippen LogP contribution in [0.15, 0.2) is 85.2 Å². The third-order valence-corrected chi connectivity index (χ3v) is 6.46. The fourth-order valence-electron chi connectivity index (χ4n) is 4.50. The molecular weight excluding hydrogens is 482 g/mol. The summed E-state index contributed by atoms with van der Waals surface area (Å²) in [6, 6.07) is 21.9. The number of nitrogens with one attached hydrogen (secondary N) is 2. The van der Waals surface area contributed by atoms with E-state index in [2.05, 4.69) is 15.7 Å². The van der Waals surface area contributed by atoms with Gasteiger partial charge in [-0.15, -0.1) is 0 Å². The van der Waals surface area contributed by atoms with Gasteiger partial charge in [0.1, 0.15) is 12.4 Å². The molecule has 0 saturated heterocycles. The number of hydrogen-bond donors (Lipinski definition) is 2. The lowest BCUT2D eigenvalue weighted by Crippen LogP contribution is -2.42. The standard InChI is InChI=1S/C29H27N5O4/c1-33-15-24(14-31-33)21-7-9-22(10-8-21)27(32-29(37)30-19-35)17-34-16-23-11-12-25(13-26(23)28(34)36)38-18-20-5-3-2-4-6-20/h2-15,19,27H,16-18H2,1H3,(H2,30,32,35,37)/t27-/m0/s1. The van der Waals surface area contributed by atoms with Gasteiger partial charge in [-0.05, 0) is 34.4 Å². The molecule has 0 saturated carbocycles. The van der Waals surface area contributed by atoms with Gasteiger partial charge >= 0.3 is 6.03 Å². The largest absolute Gasteiger partial charge is 0.489 e. The zero-order valence-electron chi connectivity index (χ0n) is 20.8. The van der Waals surface area contributed by atoms with Crippen molar-refractivity contribution in [3.8, 4) is 16.9 Å². The first-order chi connectivity index (χ1) is 18.5. The maximum atomic E-state index is 13.3. The molecule has 0 spiro atoms. The molecule has 2 heterocycles. The van der Waals surface area contributed by atoms with E-state index in [0.29, 0.717) is 30.9 Å². The first kappa shape index (κ1) is 24.8. The van der Waals surface area contributed by atoms with E-state index >= 15 is 0 Å². The highest BCUT2D eigenvalue weighted by Crippen LogP contribution is 2.29. The Morgan fingerprint density at radius 2 is 1.87 bits per heavy atom. The summed E-state index contributed by atoms with van der Waals surface area (Å²) < 4.78 is 7.63. The Morgan fingerprint density at radius 1 is 1.08 bits per heavy atom. The molecule has 3 aromatic carbocycles. The molecule has 9 nitrogen and oxygen atoms in total. The molecule has 1 aromatic heterocycles. The van der Waals surface area contributed by atoms with Gasteiger partial charge in [-0.3, -0.25) is 19.6 Å². The zero-order chi connectivity index (χ0) is 26.5. The van der Waals surface area contributed by atoms with Crippen LogP contribution in [0.3, 0.4) is 0 Å². The molecule has 9 heteroatoms. The zero-order valence-corrected chi connectivity index (χ0v) is 20.8. The van der Waals surface area contributed by atoms with Crippen molar-refractivity contribution in [2.45, 2.75) is 19.2 Å². The first-order valence-electron chi connectivity index (χ1n) is 12.2. The van der Waals surface area contributed by atoms with Gasteiger partial charge in [0.05, 0.1) is 12.2 Å². The van der Waals surface area contributed by atoms with Crippen molar-refractivity contribution in [3.05, 3.63) is 107 Å². The van der Waals surface area contributed by atoms with Crippen LogP contribution in [-0.4, -0.2) is 39.6 Å². The number of amides is 4. The minimum Gasteiger partial charge on any atom is -0.489 e. The smallest absolute Gasteiger partial charge is 0.321 e. The number of ether oxygens (including phenoxy) is 1. The Bertz CT molecular complexity index is 1450. The summed E-state index contributed by atoms with van der Waals surface area (Å²) in [5.74, 6) is 0.480. The monoisotopic (exact) mass is 509 g/mol. The Morgan fingerprint density at radius 3 is 2.58 bits per heavy atom. The number of carbonyl (C=O) groups excluding carboxylic acids is 3. The summed E-state index contributed by atoms with van der Waals surface area (Å²) in [6.45, 7) is 1.05. The summed E-state index contributed by atoms with van der Waals surface area (Å²) >= 11 is 0. The van der Waals surface area contributed by atoms with Gasteiger partial charge in [0.2, 0.25) is 6.41 Å². The third kappa shape index (κ3) is 5.57. The number of aryl methyl sites for hydroxylation is 1. The number of urea groups is 1. The van der Waals surface area contributed by atoms with E-state index in [1.807, 2.05) is 80.0 Å². The predicted molar refractivity (Wildman–Crippen MR) is 141 cm³/mol. The summed E-state index contributed by atoms with van der Waals surface area (Å²) in [4.78, 5) is 38.0. The van der Waals surface area contributed by atoms with Crippen LogP contribution >= 0.6 is 0 Å². The molecule has 5 rings (SSSR count). The van der Waals surface area contributed by atoms with Crippen LogP contribution in [-0.2, 0) is 25.0 Å². The number of benzene rings is 3. The minimum absolute atomic E-state index is 0.139. The van der Waals surface area contributed by atoms with Gasteiger partial charge in [-0.2, -0.15) is 5.10 Å². The lowest BCUT2D eigenvalue weighted by Gasteiger charge is -2.25. The maximum absolute atomic E-state index is 13.3. The van der Waals surface area contributed by atoms with Crippen LogP contribution in [0.1, 0.15) is 33.1 Å². The van der Waals surface area contributed by atoms with E-state index in [9.17, 15) is 14.4 Å².